The Morgan fingerprint density at radius 2 is 1.75 bits per heavy atom. The van der Waals surface area contributed by atoms with E-state index in [1.807, 2.05) is 18.3 Å². The first kappa shape index (κ1) is 14.7. The van der Waals surface area contributed by atoms with Gasteiger partial charge in [-0.1, -0.05) is 51.1 Å². The van der Waals surface area contributed by atoms with Crippen LogP contribution in [0.3, 0.4) is 0 Å². The summed E-state index contributed by atoms with van der Waals surface area (Å²) in [5.41, 5.74) is 3.98. The quantitative estimate of drug-likeness (QED) is 0.897. The molecule has 2 heteroatoms. The average Bonchev–Trinajstić information content (AvgIpc) is 2.45. The van der Waals surface area contributed by atoms with Crippen molar-refractivity contribution in [2.75, 3.05) is 0 Å². The molecule has 0 aliphatic heterocycles. The molecule has 1 aromatic carbocycles. The smallest absolute Gasteiger partial charge is 0.0570 e. The highest BCUT2D eigenvalue weighted by molar-refractivity contribution is 5.27. The van der Waals surface area contributed by atoms with Crippen molar-refractivity contribution in [3.8, 4) is 0 Å². The standard InChI is InChI=1S/C18H24N2/c1-14(17-7-5-6-12-19-17)20-13-15-8-10-16(11-9-15)18(2,3)4/h5-12,14,20H,13H2,1-4H3/t14-/m1/s1. The van der Waals surface area contributed by atoms with Crippen LogP contribution in [0.15, 0.2) is 48.7 Å². The Bertz CT molecular complexity index is 524. The van der Waals surface area contributed by atoms with Gasteiger partial charge in [0.15, 0.2) is 0 Å². The van der Waals surface area contributed by atoms with Crippen LogP contribution in [-0.2, 0) is 12.0 Å². The topological polar surface area (TPSA) is 24.9 Å². The lowest BCUT2D eigenvalue weighted by Crippen LogP contribution is -2.19. The molecular formula is C18H24N2. The van der Waals surface area contributed by atoms with Gasteiger partial charge in [-0.15, -0.1) is 0 Å². The molecule has 0 bridgehead atoms. The van der Waals surface area contributed by atoms with Crippen LogP contribution >= 0.6 is 0 Å². The van der Waals surface area contributed by atoms with Crippen molar-refractivity contribution in [1.82, 2.24) is 10.3 Å². The second kappa shape index (κ2) is 6.19. The van der Waals surface area contributed by atoms with E-state index in [-0.39, 0.29) is 11.5 Å². The van der Waals surface area contributed by atoms with Crippen molar-refractivity contribution in [1.29, 1.82) is 0 Å². The van der Waals surface area contributed by atoms with Crippen LogP contribution in [-0.4, -0.2) is 4.98 Å². The number of hydrogen-bond donors (Lipinski definition) is 1. The maximum Gasteiger partial charge on any atom is 0.0570 e. The summed E-state index contributed by atoms with van der Waals surface area (Å²) in [6, 6.07) is 15.2. The average molecular weight is 268 g/mol. The summed E-state index contributed by atoms with van der Waals surface area (Å²) in [6.45, 7) is 9.73. The van der Waals surface area contributed by atoms with E-state index in [9.17, 15) is 0 Å². The fourth-order valence-electron chi connectivity index (χ4n) is 2.13. The SMILES string of the molecule is C[C@@H](NCc1ccc(C(C)(C)C)cc1)c1ccccn1. The van der Waals surface area contributed by atoms with Crippen molar-refractivity contribution in [2.45, 2.75) is 45.7 Å². The second-order valence-corrected chi connectivity index (χ2v) is 6.30. The fourth-order valence-corrected chi connectivity index (χ4v) is 2.13. The number of benzene rings is 1. The monoisotopic (exact) mass is 268 g/mol. The lowest BCUT2D eigenvalue weighted by Gasteiger charge is -2.19. The van der Waals surface area contributed by atoms with E-state index < -0.39 is 0 Å². The number of rotatable bonds is 4. The van der Waals surface area contributed by atoms with E-state index in [1.54, 1.807) is 0 Å². The predicted octanol–water partition coefficient (Wildman–Crippen LogP) is 4.23. The maximum absolute atomic E-state index is 4.37. The van der Waals surface area contributed by atoms with E-state index in [2.05, 4.69) is 68.3 Å². The molecule has 0 radical (unpaired) electrons. The number of hydrogen-bond acceptors (Lipinski definition) is 2. The van der Waals surface area contributed by atoms with Gasteiger partial charge < -0.3 is 5.32 Å². The molecule has 2 rings (SSSR count). The normalized spacial score (nSPS) is 13.2. The van der Waals surface area contributed by atoms with Crippen LogP contribution in [0.25, 0.3) is 0 Å². The molecule has 0 saturated carbocycles. The van der Waals surface area contributed by atoms with Crippen LogP contribution in [0.1, 0.15) is 50.6 Å². The Balaban J connectivity index is 1.94. The first-order valence-electron chi connectivity index (χ1n) is 7.20. The van der Waals surface area contributed by atoms with Gasteiger partial charge in [0.1, 0.15) is 0 Å². The molecular weight excluding hydrogens is 244 g/mol. The van der Waals surface area contributed by atoms with Gasteiger partial charge in [-0.2, -0.15) is 0 Å². The van der Waals surface area contributed by atoms with Gasteiger partial charge in [-0.05, 0) is 35.6 Å². The molecule has 20 heavy (non-hydrogen) atoms. The lowest BCUT2D eigenvalue weighted by molar-refractivity contribution is 0.560. The van der Waals surface area contributed by atoms with Crippen molar-refractivity contribution in [3.63, 3.8) is 0 Å². The minimum atomic E-state index is 0.215. The highest BCUT2D eigenvalue weighted by Crippen LogP contribution is 2.22. The van der Waals surface area contributed by atoms with Gasteiger partial charge in [0.2, 0.25) is 0 Å². The number of aromatic nitrogens is 1. The molecule has 2 aromatic rings. The van der Waals surface area contributed by atoms with Crippen LogP contribution in [0, 0.1) is 0 Å². The summed E-state index contributed by atoms with van der Waals surface area (Å²) >= 11 is 0. The molecule has 1 N–H and O–H groups in total. The molecule has 0 unspecified atom stereocenters. The van der Waals surface area contributed by atoms with Gasteiger partial charge in [0.05, 0.1) is 5.69 Å². The van der Waals surface area contributed by atoms with Crippen molar-refractivity contribution < 1.29 is 0 Å². The van der Waals surface area contributed by atoms with Gasteiger partial charge in [0.25, 0.3) is 0 Å². The molecule has 0 fully saturated rings. The zero-order valence-electron chi connectivity index (χ0n) is 12.9. The summed E-state index contributed by atoms with van der Waals surface area (Å²) in [4.78, 5) is 4.37. The Kier molecular flexibility index (Phi) is 4.56. The molecule has 1 heterocycles. The molecule has 0 aliphatic rings. The van der Waals surface area contributed by atoms with E-state index >= 15 is 0 Å². The first-order valence-corrected chi connectivity index (χ1v) is 7.20. The second-order valence-electron chi connectivity index (χ2n) is 6.30. The molecule has 0 spiro atoms. The van der Waals surface area contributed by atoms with E-state index in [0.29, 0.717) is 0 Å². The van der Waals surface area contributed by atoms with Gasteiger partial charge in [-0.3, -0.25) is 4.98 Å². The van der Waals surface area contributed by atoms with Gasteiger partial charge >= 0.3 is 0 Å². The third-order valence-corrected chi connectivity index (χ3v) is 3.56. The Morgan fingerprint density at radius 1 is 1.05 bits per heavy atom. The highest BCUT2D eigenvalue weighted by Gasteiger charge is 2.13. The number of pyridine rings is 1. The minimum absolute atomic E-state index is 0.215. The van der Waals surface area contributed by atoms with Crippen molar-refractivity contribution in [2.24, 2.45) is 0 Å². The third kappa shape index (κ3) is 3.91. The van der Waals surface area contributed by atoms with E-state index in [0.717, 1.165) is 12.2 Å². The van der Waals surface area contributed by atoms with Gasteiger partial charge in [-0.25, -0.2) is 0 Å². The predicted molar refractivity (Wildman–Crippen MR) is 84.6 cm³/mol. The molecule has 2 nitrogen and oxygen atoms in total. The van der Waals surface area contributed by atoms with Crippen LogP contribution in [0.2, 0.25) is 0 Å². The van der Waals surface area contributed by atoms with Crippen LogP contribution in [0.5, 0.6) is 0 Å². The summed E-state index contributed by atoms with van der Waals surface area (Å²) in [5, 5.41) is 3.51. The van der Waals surface area contributed by atoms with Crippen LogP contribution in [0.4, 0.5) is 0 Å². The van der Waals surface area contributed by atoms with Crippen LogP contribution < -0.4 is 5.32 Å². The third-order valence-electron chi connectivity index (χ3n) is 3.56. The molecule has 1 atom stereocenters. The molecule has 0 aliphatic carbocycles. The summed E-state index contributed by atoms with van der Waals surface area (Å²) in [5.74, 6) is 0. The van der Waals surface area contributed by atoms with E-state index in [1.165, 1.54) is 11.1 Å². The molecule has 0 amide bonds. The summed E-state index contributed by atoms with van der Waals surface area (Å²) < 4.78 is 0. The molecule has 1 aromatic heterocycles. The Morgan fingerprint density at radius 3 is 2.30 bits per heavy atom. The first-order chi connectivity index (χ1) is 9.47. The summed E-state index contributed by atoms with van der Waals surface area (Å²) in [7, 11) is 0. The molecule has 0 saturated heterocycles. The Hall–Kier alpha value is -1.67. The van der Waals surface area contributed by atoms with E-state index in [4.69, 9.17) is 0 Å². The fraction of sp³-hybridized carbons (Fsp3) is 0.389. The largest absolute Gasteiger partial charge is 0.305 e. The Labute approximate surface area is 122 Å². The summed E-state index contributed by atoms with van der Waals surface area (Å²) in [6.07, 6.45) is 1.84. The van der Waals surface area contributed by atoms with Crippen molar-refractivity contribution >= 4 is 0 Å². The highest BCUT2D eigenvalue weighted by atomic mass is 14.9. The molecule has 106 valence electrons. The minimum Gasteiger partial charge on any atom is -0.305 e. The zero-order chi connectivity index (χ0) is 14.6. The zero-order valence-corrected chi connectivity index (χ0v) is 12.9. The number of nitrogens with one attached hydrogen (secondary N) is 1. The van der Waals surface area contributed by atoms with Gasteiger partial charge in [0, 0.05) is 18.8 Å². The number of nitrogens with zero attached hydrogens (tertiary/aromatic N) is 1. The van der Waals surface area contributed by atoms with Crippen molar-refractivity contribution in [3.05, 3.63) is 65.5 Å². The maximum atomic E-state index is 4.37. The lowest BCUT2D eigenvalue weighted by atomic mass is 9.87.